The molecule has 1 aromatic rings. The summed E-state index contributed by atoms with van der Waals surface area (Å²) in [6.07, 6.45) is 1.83. The topological polar surface area (TPSA) is 44.8 Å². The summed E-state index contributed by atoms with van der Waals surface area (Å²) in [6, 6.07) is 7.78. The van der Waals surface area contributed by atoms with Crippen LogP contribution in [0.15, 0.2) is 24.3 Å². The van der Waals surface area contributed by atoms with Crippen molar-refractivity contribution in [1.29, 1.82) is 0 Å². The largest absolute Gasteiger partial charge is 0.375 e. The van der Waals surface area contributed by atoms with Gasteiger partial charge in [-0.05, 0) is 50.7 Å². The van der Waals surface area contributed by atoms with Gasteiger partial charge in [-0.3, -0.25) is 0 Å². The number of piperidine rings is 1. The van der Waals surface area contributed by atoms with Crippen LogP contribution in [0, 0.1) is 0 Å². The van der Waals surface area contributed by atoms with Crippen molar-refractivity contribution in [3.8, 4) is 0 Å². The number of halogens is 1. The van der Waals surface area contributed by atoms with Gasteiger partial charge >= 0.3 is 6.03 Å². The highest BCUT2D eigenvalue weighted by molar-refractivity contribution is 6.30. The van der Waals surface area contributed by atoms with Crippen LogP contribution in [-0.2, 0) is 4.74 Å². The minimum absolute atomic E-state index is 0.0522. The zero-order valence-electron chi connectivity index (χ0n) is 14.1. The van der Waals surface area contributed by atoms with E-state index in [0.717, 1.165) is 31.5 Å². The van der Waals surface area contributed by atoms with Crippen LogP contribution < -0.4 is 5.32 Å². The number of likely N-dealkylation sites (tertiary alicyclic amines) is 1. The molecule has 128 valence electrons. The maximum absolute atomic E-state index is 12.4. The number of methoxy groups -OCH3 is 1. The maximum atomic E-state index is 12.4. The molecule has 6 heteroatoms. The first-order valence-corrected chi connectivity index (χ1v) is 8.36. The average Bonchev–Trinajstić information content (AvgIpc) is 2.55. The van der Waals surface area contributed by atoms with E-state index in [1.54, 1.807) is 7.11 Å². The van der Waals surface area contributed by atoms with Crippen molar-refractivity contribution in [1.82, 2.24) is 15.1 Å². The number of carbonyl (C=O) groups excluding carboxylic acids is 1. The van der Waals surface area contributed by atoms with Gasteiger partial charge in [-0.25, -0.2) is 4.79 Å². The molecule has 1 atom stereocenters. The summed E-state index contributed by atoms with van der Waals surface area (Å²) in [4.78, 5) is 16.5. The van der Waals surface area contributed by atoms with E-state index in [4.69, 9.17) is 16.3 Å². The number of amides is 2. The van der Waals surface area contributed by atoms with Crippen molar-refractivity contribution >= 4 is 17.6 Å². The minimum Gasteiger partial charge on any atom is -0.375 e. The van der Waals surface area contributed by atoms with Gasteiger partial charge in [0.15, 0.2) is 0 Å². The van der Waals surface area contributed by atoms with Crippen LogP contribution >= 0.6 is 11.6 Å². The number of hydrogen-bond acceptors (Lipinski definition) is 3. The molecule has 1 heterocycles. The molecule has 0 spiro atoms. The second-order valence-corrected chi connectivity index (χ2v) is 6.55. The molecule has 1 aliphatic heterocycles. The standard InChI is InChI=1S/C17H26ClN3O2/c1-20-9-7-15(8-10-20)21(2)17(22)19-12-16(23-3)13-5-4-6-14(18)11-13/h4-6,11,15-16H,7-10,12H2,1-3H3,(H,19,22). The Morgan fingerprint density at radius 3 is 2.78 bits per heavy atom. The van der Waals surface area contributed by atoms with Crippen LogP contribution in [0.1, 0.15) is 24.5 Å². The number of nitrogens with zero attached hydrogens (tertiary/aromatic N) is 2. The fourth-order valence-electron chi connectivity index (χ4n) is 2.90. The van der Waals surface area contributed by atoms with Crippen molar-refractivity contribution in [3.05, 3.63) is 34.9 Å². The second-order valence-electron chi connectivity index (χ2n) is 6.11. The molecule has 0 saturated carbocycles. The number of hydrogen-bond donors (Lipinski definition) is 1. The SMILES string of the molecule is COC(CNC(=O)N(C)C1CCN(C)CC1)c1cccc(Cl)c1. The molecule has 2 rings (SSSR count). The fourth-order valence-corrected chi connectivity index (χ4v) is 3.10. The van der Waals surface area contributed by atoms with Gasteiger partial charge in [0.2, 0.25) is 0 Å². The molecular formula is C17H26ClN3O2. The lowest BCUT2D eigenvalue weighted by Crippen LogP contribution is -2.48. The number of urea groups is 1. The fraction of sp³-hybridized carbons (Fsp3) is 0.588. The Morgan fingerprint density at radius 1 is 1.48 bits per heavy atom. The van der Waals surface area contributed by atoms with Gasteiger partial charge in [0.05, 0.1) is 6.10 Å². The lowest BCUT2D eigenvalue weighted by Gasteiger charge is -2.35. The summed E-state index contributed by atoms with van der Waals surface area (Å²) in [5.74, 6) is 0. The molecule has 1 fully saturated rings. The summed E-state index contributed by atoms with van der Waals surface area (Å²) in [6.45, 7) is 2.49. The average molecular weight is 340 g/mol. The third-order valence-corrected chi connectivity index (χ3v) is 4.73. The summed E-state index contributed by atoms with van der Waals surface area (Å²) < 4.78 is 5.48. The van der Waals surface area contributed by atoms with E-state index < -0.39 is 0 Å². The number of nitrogens with one attached hydrogen (secondary N) is 1. The second kappa shape index (κ2) is 8.52. The summed E-state index contributed by atoms with van der Waals surface area (Å²) in [5, 5.41) is 3.63. The Hall–Kier alpha value is -1.30. The summed E-state index contributed by atoms with van der Waals surface area (Å²) >= 11 is 6.02. The number of benzene rings is 1. The van der Waals surface area contributed by atoms with Crippen molar-refractivity contribution in [2.75, 3.05) is 40.8 Å². The van der Waals surface area contributed by atoms with Crippen molar-refractivity contribution in [3.63, 3.8) is 0 Å². The van der Waals surface area contributed by atoms with E-state index in [0.29, 0.717) is 17.6 Å². The lowest BCUT2D eigenvalue weighted by atomic mass is 10.0. The van der Waals surface area contributed by atoms with Gasteiger partial charge in [0, 0.05) is 31.8 Å². The normalized spacial score (nSPS) is 17.7. The molecule has 0 radical (unpaired) electrons. The molecule has 1 aliphatic rings. The van der Waals surface area contributed by atoms with Crippen LogP contribution in [0.5, 0.6) is 0 Å². The highest BCUT2D eigenvalue weighted by Gasteiger charge is 2.24. The van der Waals surface area contributed by atoms with Crippen LogP contribution in [0.25, 0.3) is 0 Å². The van der Waals surface area contributed by atoms with E-state index in [1.165, 1.54) is 0 Å². The first-order chi connectivity index (χ1) is 11.0. The van der Waals surface area contributed by atoms with Crippen LogP contribution in [0.3, 0.4) is 0 Å². The van der Waals surface area contributed by atoms with E-state index in [1.807, 2.05) is 36.2 Å². The van der Waals surface area contributed by atoms with Gasteiger partial charge in [-0.2, -0.15) is 0 Å². The maximum Gasteiger partial charge on any atom is 0.317 e. The molecule has 0 aliphatic carbocycles. The Labute approximate surface area is 143 Å². The Kier molecular flexibility index (Phi) is 6.69. The lowest BCUT2D eigenvalue weighted by molar-refractivity contribution is 0.0986. The predicted octanol–water partition coefficient (Wildman–Crippen LogP) is 2.76. The van der Waals surface area contributed by atoms with E-state index >= 15 is 0 Å². The van der Waals surface area contributed by atoms with E-state index in [9.17, 15) is 4.79 Å². The van der Waals surface area contributed by atoms with Crippen molar-refractivity contribution < 1.29 is 9.53 Å². The number of carbonyl (C=O) groups is 1. The number of ether oxygens (including phenoxy) is 1. The van der Waals surface area contributed by atoms with Crippen LogP contribution in [0.2, 0.25) is 5.02 Å². The first kappa shape index (κ1) is 18.0. The third-order valence-electron chi connectivity index (χ3n) is 4.50. The van der Waals surface area contributed by atoms with Gasteiger partial charge in [0.25, 0.3) is 0 Å². The third kappa shape index (κ3) is 5.09. The quantitative estimate of drug-likeness (QED) is 0.897. The molecule has 1 aromatic carbocycles. The molecule has 0 aromatic heterocycles. The van der Waals surface area contributed by atoms with Crippen LogP contribution in [0.4, 0.5) is 4.79 Å². The zero-order chi connectivity index (χ0) is 16.8. The Morgan fingerprint density at radius 2 is 2.17 bits per heavy atom. The molecule has 5 nitrogen and oxygen atoms in total. The molecule has 0 bridgehead atoms. The smallest absolute Gasteiger partial charge is 0.317 e. The zero-order valence-corrected chi connectivity index (χ0v) is 14.8. The van der Waals surface area contributed by atoms with Gasteiger partial charge in [-0.15, -0.1) is 0 Å². The highest BCUT2D eigenvalue weighted by atomic mass is 35.5. The molecule has 2 amide bonds. The van der Waals surface area contributed by atoms with Gasteiger partial charge in [0.1, 0.15) is 0 Å². The highest BCUT2D eigenvalue weighted by Crippen LogP contribution is 2.20. The molecular weight excluding hydrogens is 314 g/mol. The van der Waals surface area contributed by atoms with Gasteiger partial charge < -0.3 is 19.9 Å². The number of rotatable bonds is 5. The van der Waals surface area contributed by atoms with Crippen molar-refractivity contribution in [2.24, 2.45) is 0 Å². The Bertz CT molecular complexity index is 518. The van der Waals surface area contributed by atoms with Crippen LogP contribution in [-0.4, -0.2) is 62.7 Å². The predicted molar refractivity (Wildman–Crippen MR) is 92.9 cm³/mol. The molecule has 1 saturated heterocycles. The van der Waals surface area contributed by atoms with Crippen molar-refractivity contribution in [2.45, 2.75) is 25.0 Å². The molecule has 1 N–H and O–H groups in total. The summed E-state index contributed by atoms with van der Waals surface area (Å²) in [5.41, 5.74) is 0.960. The Balaban J connectivity index is 1.87. The van der Waals surface area contributed by atoms with E-state index in [2.05, 4.69) is 17.3 Å². The summed E-state index contributed by atoms with van der Waals surface area (Å²) in [7, 11) is 5.62. The molecule has 1 unspecified atom stereocenters. The first-order valence-electron chi connectivity index (χ1n) is 7.98. The van der Waals surface area contributed by atoms with E-state index in [-0.39, 0.29) is 12.1 Å². The van der Waals surface area contributed by atoms with Gasteiger partial charge in [-0.1, -0.05) is 23.7 Å². The minimum atomic E-state index is -0.205. The monoisotopic (exact) mass is 339 g/mol. The molecule has 23 heavy (non-hydrogen) atoms.